The molecule has 2 aromatic rings. The lowest BCUT2D eigenvalue weighted by Gasteiger charge is -2.16. The Morgan fingerprint density at radius 2 is 1.89 bits per heavy atom. The predicted molar refractivity (Wildman–Crippen MR) is 74.8 cm³/mol. The summed E-state index contributed by atoms with van der Waals surface area (Å²) in [5.74, 6) is 1.10. The van der Waals surface area contributed by atoms with Crippen molar-refractivity contribution in [3.8, 4) is 0 Å². The number of carbonyl (C=O) groups excluding carboxylic acids is 1. The SMILES string of the molecule is CN(CCc1ccco1)C(=O)CCc1ccccc1. The zero-order valence-electron chi connectivity index (χ0n) is 11.2. The molecule has 0 saturated heterocycles. The van der Waals surface area contributed by atoms with Crippen LogP contribution in [0.3, 0.4) is 0 Å². The maximum absolute atomic E-state index is 12.0. The van der Waals surface area contributed by atoms with Crippen LogP contribution in [0.25, 0.3) is 0 Å². The molecule has 1 aromatic heterocycles. The maximum Gasteiger partial charge on any atom is 0.222 e. The molecule has 3 nitrogen and oxygen atoms in total. The molecule has 0 unspecified atom stereocenters. The van der Waals surface area contributed by atoms with E-state index in [4.69, 9.17) is 4.42 Å². The Morgan fingerprint density at radius 3 is 2.58 bits per heavy atom. The molecule has 1 aromatic carbocycles. The summed E-state index contributed by atoms with van der Waals surface area (Å²) in [5, 5.41) is 0. The van der Waals surface area contributed by atoms with E-state index in [1.807, 2.05) is 37.4 Å². The van der Waals surface area contributed by atoms with Crippen LogP contribution in [-0.4, -0.2) is 24.4 Å². The van der Waals surface area contributed by atoms with Gasteiger partial charge in [-0.2, -0.15) is 0 Å². The molecule has 1 amide bonds. The lowest BCUT2D eigenvalue weighted by molar-refractivity contribution is -0.129. The average Bonchev–Trinajstić information content (AvgIpc) is 2.96. The molecule has 1 heterocycles. The van der Waals surface area contributed by atoms with Crippen LogP contribution in [0.5, 0.6) is 0 Å². The molecule has 0 aliphatic rings. The second-order valence-corrected chi connectivity index (χ2v) is 4.63. The van der Waals surface area contributed by atoms with E-state index in [0.717, 1.165) is 18.6 Å². The van der Waals surface area contributed by atoms with Gasteiger partial charge in [0, 0.05) is 26.4 Å². The largest absolute Gasteiger partial charge is 0.469 e. The Hall–Kier alpha value is -2.03. The number of hydrogen-bond acceptors (Lipinski definition) is 2. The van der Waals surface area contributed by atoms with Gasteiger partial charge in [-0.05, 0) is 24.1 Å². The van der Waals surface area contributed by atoms with Gasteiger partial charge < -0.3 is 9.32 Å². The van der Waals surface area contributed by atoms with Crippen molar-refractivity contribution in [2.24, 2.45) is 0 Å². The lowest BCUT2D eigenvalue weighted by Crippen LogP contribution is -2.28. The molecule has 0 spiro atoms. The van der Waals surface area contributed by atoms with Gasteiger partial charge in [-0.3, -0.25) is 4.79 Å². The molecule has 0 bridgehead atoms. The fourth-order valence-electron chi connectivity index (χ4n) is 1.94. The molecule has 19 heavy (non-hydrogen) atoms. The summed E-state index contributed by atoms with van der Waals surface area (Å²) < 4.78 is 5.25. The summed E-state index contributed by atoms with van der Waals surface area (Å²) >= 11 is 0. The first kappa shape index (κ1) is 13.4. The molecule has 0 aliphatic carbocycles. The number of likely N-dealkylation sites (N-methyl/N-ethyl adjacent to an activating group) is 1. The van der Waals surface area contributed by atoms with E-state index in [1.165, 1.54) is 5.56 Å². The summed E-state index contributed by atoms with van der Waals surface area (Å²) in [7, 11) is 1.84. The monoisotopic (exact) mass is 257 g/mol. The summed E-state index contributed by atoms with van der Waals surface area (Å²) in [5.41, 5.74) is 1.20. The highest BCUT2D eigenvalue weighted by Gasteiger charge is 2.09. The van der Waals surface area contributed by atoms with Crippen LogP contribution in [-0.2, 0) is 17.6 Å². The number of rotatable bonds is 6. The summed E-state index contributed by atoms with van der Waals surface area (Å²) in [6.07, 6.45) is 3.77. The van der Waals surface area contributed by atoms with Crippen LogP contribution >= 0.6 is 0 Å². The van der Waals surface area contributed by atoms with Crippen molar-refractivity contribution in [2.75, 3.05) is 13.6 Å². The van der Waals surface area contributed by atoms with Crippen molar-refractivity contribution in [1.82, 2.24) is 4.90 Å². The van der Waals surface area contributed by atoms with Crippen LogP contribution in [0.4, 0.5) is 0 Å². The minimum absolute atomic E-state index is 0.176. The van der Waals surface area contributed by atoms with Crippen LogP contribution in [0, 0.1) is 0 Å². The van der Waals surface area contributed by atoms with Gasteiger partial charge in [-0.1, -0.05) is 30.3 Å². The molecule has 100 valence electrons. The third-order valence-corrected chi connectivity index (χ3v) is 3.17. The van der Waals surface area contributed by atoms with E-state index in [-0.39, 0.29) is 5.91 Å². The standard InChI is InChI=1S/C16H19NO2/c1-17(12-11-15-8-5-13-19-15)16(18)10-9-14-6-3-2-4-7-14/h2-8,13H,9-12H2,1H3. The summed E-state index contributed by atoms with van der Waals surface area (Å²) in [6, 6.07) is 13.9. The molecular formula is C16H19NO2. The van der Waals surface area contributed by atoms with Crippen LogP contribution < -0.4 is 0 Å². The van der Waals surface area contributed by atoms with E-state index < -0.39 is 0 Å². The first-order chi connectivity index (χ1) is 9.25. The fourth-order valence-corrected chi connectivity index (χ4v) is 1.94. The van der Waals surface area contributed by atoms with Crippen molar-refractivity contribution in [3.05, 3.63) is 60.1 Å². The molecule has 0 saturated carbocycles. The fraction of sp³-hybridized carbons (Fsp3) is 0.312. The first-order valence-electron chi connectivity index (χ1n) is 6.56. The Morgan fingerprint density at radius 1 is 1.11 bits per heavy atom. The topological polar surface area (TPSA) is 33.5 Å². The van der Waals surface area contributed by atoms with Crippen molar-refractivity contribution in [2.45, 2.75) is 19.3 Å². The second-order valence-electron chi connectivity index (χ2n) is 4.63. The van der Waals surface area contributed by atoms with E-state index in [1.54, 1.807) is 11.2 Å². The lowest BCUT2D eigenvalue weighted by atomic mass is 10.1. The summed E-state index contributed by atoms with van der Waals surface area (Å²) in [6.45, 7) is 0.696. The van der Waals surface area contributed by atoms with E-state index in [9.17, 15) is 4.79 Å². The smallest absolute Gasteiger partial charge is 0.222 e. The Balaban J connectivity index is 1.73. The van der Waals surface area contributed by atoms with Gasteiger partial charge in [0.15, 0.2) is 0 Å². The van der Waals surface area contributed by atoms with Gasteiger partial charge in [0.25, 0.3) is 0 Å². The van der Waals surface area contributed by atoms with E-state index >= 15 is 0 Å². The second kappa shape index (κ2) is 6.78. The molecule has 0 atom stereocenters. The molecule has 2 rings (SSSR count). The minimum atomic E-state index is 0.176. The molecule has 0 radical (unpaired) electrons. The number of amides is 1. The molecule has 3 heteroatoms. The molecular weight excluding hydrogens is 238 g/mol. The molecule has 0 fully saturated rings. The van der Waals surface area contributed by atoms with Gasteiger partial charge >= 0.3 is 0 Å². The van der Waals surface area contributed by atoms with Crippen molar-refractivity contribution in [3.63, 3.8) is 0 Å². The Kier molecular flexibility index (Phi) is 4.78. The minimum Gasteiger partial charge on any atom is -0.469 e. The molecule has 0 aliphatic heterocycles. The maximum atomic E-state index is 12.0. The van der Waals surface area contributed by atoms with Gasteiger partial charge in [-0.25, -0.2) is 0 Å². The predicted octanol–water partition coefficient (Wildman–Crippen LogP) is 2.91. The highest BCUT2D eigenvalue weighted by atomic mass is 16.3. The first-order valence-corrected chi connectivity index (χ1v) is 6.56. The normalized spacial score (nSPS) is 10.4. The van der Waals surface area contributed by atoms with E-state index in [2.05, 4.69) is 12.1 Å². The van der Waals surface area contributed by atoms with Crippen molar-refractivity contribution < 1.29 is 9.21 Å². The van der Waals surface area contributed by atoms with Crippen LogP contribution in [0.15, 0.2) is 53.1 Å². The van der Waals surface area contributed by atoms with Gasteiger partial charge in [-0.15, -0.1) is 0 Å². The number of aryl methyl sites for hydroxylation is 1. The summed E-state index contributed by atoms with van der Waals surface area (Å²) in [4.78, 5) is 13.7. The quantitative estimate of drug-likeness (QED) is 0.797. The zero-order chi connectivity index (χ0) is 13.5. The van der Waals surface area contributed by atoms with Crippen molar-refractivity contribution >= 4 is 5.91 Å². The molecule has 0 N–H and O–H groups in total. The number of nitrogens with zero attached hydrogens (tertiary/aromatic N) is 1. The number of benzene rings is 1. The third kappa shape index (κ3) is 4.28. The van der Waals surface area contributed by atoms with Crippen LogP contribution in [0.2, 0.25) is 0 Å². The van der Waals surface area contributed by atoms with Gasteiger partial charge in [0.2, 0.25) is 5.91 Å². The zero-order valence-corrected chi connectivity index (χ0v) is 11.2. The number of carbonyl (C=O) groups is 1. The van der Waals surface area contributed by atoms with Crippen molar-refractivity contribution in [1.29, 1.82) is 0 Å². The Labute approximate surface area is 113 Å². The van der Waals surface area contributed by atoms with Crippen LogP contribution in [0.1, 0.15) is 17.7 Å². The Bertz CT molecular complexity index is 491. The van der Waals surface area contributed by atoms with Gasteiger partial charge in [0.05, 0.1) is 6.26 Å². The van der Waals surface area contributed by atoms with E-state index in [0.29, 0.717) is 13.0 Å². The number of furan rings is 1. The van der Waals surface area contributed by atoms with Gasteiger partial charge in [0.1, 0.15) is 5.76 Å². The highest BCUT2D eigenvalue weighted by molar-refractivity contribution is 5.76. The average molecular weight is 257 g/mol. The highest BCUT2D eigenvalue weighted by Crippen LogP contribution is 2.06. The number of hydrogen-bond donors (Lipinski definition) is 0. The third-order valence-electron chi connectivity index (χ3n) is 3.17.